The van der Waals surface area contributed by atoms with Crippen molar-refractivity contribution in [3.63, 3.8) is 0 Å². The number of carbonyl (C=O) groups is 2. The third-order valence-corrected chi connectivity index (χ3v) is 6.17. The monoisotopic (exact) mass is 374 g/mol. The molecule has 146 valence electrons. The Morgan fingerprint density at radius 1 is 1.41 bits per heavy atom. The summed E-state index contributed by atoms with van der Waals surface area (Å²) in [7, 11) is 0. The van der Waals surface area contributed by atoms with E-state index in [-0.39, 0.29) is 54.7 Å². The van der Waals surface area contributed by atoms with Crippen molar-refractivity contribution in [3.05, 3.63) is 16.1 Å². The average Bonchev–Trinajstić information content (AvgIpc) is 2.64. The van der Waals surface area contributed by atoms with Gasteiger partial charge in [0.25, 0.3) is 0 Å². The molecule has 3 aliphatic heterocycles. The minimum Gasteiger partial charge on any atom is -0.349 e. The van der Waals surface area contributed by atoms with E-state index in [4.69, 9.17) is 5.26 Å². The molecule has 0 aromatic heterocycles. The number of piperidine rings is 2. The Morgan fingerprint density at radius 3 is 2.89 bits per heavy atom. The van der Waals surface area contributed by atoms with Gasteiger partial charge in [0.05, 0.1) is 18.5 Å². The number of amides is 2. The van der Waals surface area contributed by atoms with E-state index in [0.717, 1.165) is 29.8 Å². The molecule has 8 nitrogen and oxygen atoms in total. The summed E-state index contributed by atoms with van der Waals surface area (Å²) in [6.07, 6.45) is 2.18. The van der Waals surface area contributed by atoms with Crippen molar-refractivity contribution in [2.75, 3.05) is 19.6 Å². The highest BCUT2D eigenvalue weighted by Gasteiger charge is 2.40. The average molecular weight is 374 g/mol. The number of carbonyl (C=O) groups excluding carboxylic acids is 2. The number of rotatable bonds is 4. The van der Waals surface area contributed by atoms with Gasteiger partial charge in [-0.3, -0.25) is 9.59 Å². The molecular weight excluding hydrogens is 346 g/mol. The van der Waals surface area contributed by atoms with Crippen LogP contribution in [0.15, 0.2) is 11.1 Å². The van der Waals surface area contributed by atoms with Crippen molar-refractivity contribution in [3.8, 4) is 6.07 Å². The molecule has 3 aliphatic rings. The smallest absolute Gasteiger partial charge is 0.247 e. The van der Waals surface area contributed by atoms with Crippen LogP contribution in [-0.2, 0) is 9.59 Å². The van der Waals surface area contributed by atoms with E-state index in [2.05, 4.69) is 22.0 Å². The first kappa shape index (κ1) is 19.5. The quantitative estimate of drug-likeness (QED) is 0.616. The predicted octanol–water partition coefficient (Wildman–Crippen LogP) is 0.387. The lowest BCUT2D eigenvalue weighted by molar-refractivity contribution is -0.603. The molecule has 0 aromatic rings. The van der Waals surface area contributed by atoms with Crippen molar-refractivity contribution in [1.29, 1.82) is 5.26 Å². The lowest BCUT2D eigenvalue weighted by Gasteiger charge is -2.38. The molecule has 2 amide bonds. The molecule has 2 saturated heterocycles. The number of nitriles is 1. The minimum absolute atomic E-state index is 0.0254. The van der Waals surface area contributed by atoms with Gasteiger partial charge in [0.2, 0.25) is 24.4 Å². The van der Waals surface area contributed by atoms with E-state index in [1.54, 1.807) is 0 Å². The Bertz CT molecular complexity index is 711. The molecule has 0 spiro atoms. The van der Waals surface area contributed by atoms with E-state index in [9.17, 15) is 14.5 Å². The SMILES string of the molecule is CC1=C(CC(=O)N[C@H](C)C2CCC(C#N)C[N+]2=O)C(=O)NC2CCNCC12. The number of nitroso groups, excluding NO2 is 1. The van der Waals surface area contributed by atoms with Gasteiger partial charge < -0.3 is 16.0 Å². The van der Waals surface area contributed by atoms with E-state index in [1.807, 2.05) is 13.8 Å². The molecule has 0 bridgehead atoms. The summed E-state index contributed by atoms with van der Waals surface area (Å²) in [5, 5.41) is 18.2. The lowest BCUT2D eigenvalue weighted by Crippen LogP contribution is -2.54. The Hall–Kier alpha value is -2.27. The van der Waals surface area contributed by atoms with Crippen LogP contribution in [0.25, 0.3) is 0 Å². The third kappa shape index (κ3) is 4.19. The van der Waals surface area contributed by atoms with Crippen molar-refractivity contribution >= 4 is 11.8 Å². The lowest BCUT2D eigenvalue weighted by atomic mass is 9.81. The highest BCUT2D eigenvalue weighted by Crippen LogP contribution is 2.29. The Kier molecular flexibility index (Phi) is 5.90. The van der Waals surface area contributed by atoms with Crippen LogP contribution in [0.3, 0.4) is 0 Å². The zero-order valence-corrected chi connectivity index (χ0v) is 16.0. The van der Waals surface area contributed by atoms with Gasteiger partial charge in [-0.15, -0.1) is 0 Å². The summed E-state index contributed by atoms with van der Waals surface area (Å²) in [5.74, 6) is -0.407. The van der Waals surface area contributed by atoms with Crippen molar-refractivity contribution in [2.24, 2.45) is 11.8 Å². The van der Waals surface area contributed by atoms with Crippen molar-refractivity contribution in [2.45, 2.75) is 57.7 Å². The fourth-order valence-corrected chi connectivity index (χ4v) is 4.49. The standard InChI is InChI=1S/C19H27N5O3/c1-11-14(19(26)23-16-5-6-21-9-15(11)16)7-18(25)22-12(2)17-4-3-13(8-20)10-24(17)27/h12-13,15-17,21H,3-7,9-10H2,1-2H3,(H-,22,23,25,26)/p+1/t12-,13?,15?,16?,17?/m1/s1. The normalized spacial score (nSPS) is 32.2. The molecule has 5 atom stereocenters. The highest BCUT2D eigenvalue weighted by molar-refractivity contribution is 6.00. The van der Waals surface area contributed by atoms with Crippen LogP contribution in [0.4, 0.5) is 0 Å². The van der Waals surface area contributed by atoms with Gasteiger partial charge in [-0.1, -0.05) is 5.57 Å². The first-order chi connectivity index (χ1) is 12.9. The van der Waals surface area contributed by atoms with Gasteiger partial charge in [-0.25, -0.2) is 0 Å². The summed E-state index contributed by atoms with van der Waals surface area (Å²) >= 11 is 0. The second kappa shape index (κ2) is 8.17. The van der Waals surface area contributed by atoms with Gasteiger partial charge >= 0.3 is 0 Å². The Morgan fingerprint density at radius 2 is 2.19 bits per heavy atom. The van der Waals surface area contributed by atoms with Gasteiger partial charge in [0.1, 0.15) is 5.92 Å². The Balaban J connectivity index is 1.61. The molecule has 2 fully saturated rings. The van der Waals surface area contributed by atoms with E-state index < -0.39 is 0 Å². The second-order valence-corrected chi connectivity index (χ2v) is 7.94. The van der Waals surface area contributed by atoms with Crippen LogP contribution in [-0.4, -0.2) is 54.3 Å². The summed E-state index contributed by atoms with van der Waals surface area (Å²) in [5.41, 5.74) is 1.52. The van der Waals surface area contributed by atoms with Gasteiger partial charge in [-0.05, 0) is 33.2 Å². The molecule has 0 aromatic carbocycles. The number of hydrogen-bond donors (Lipinski definition) is 3. The number of nitrogens with one attached hydrogen (secondary N) is 3. The Labute approximate surface area is 159 Å². The van der Waals surface area contributed by atoms with Crippen LogP contribution < -0.4 is 16.0 Å². The van der Waals surface area contributed by atoms with Crippen LogP contribution >= 0.6 is 0 Å². The molecule has 4 unspecified atom stereocenters. The van der Waals surface area contributed by atoms with E-state index >= 15 is 0 Å². The summed E-state index contributed by atoms with van der Waals surface area (Å²) in [6.45, 7) is 5.64. The minimum atomic E-state index is -0.333. The summed E-state index contributed by atoms with van der Waals surface area (Å²) in [4.78, 5) is 37.1. The molecule has 0 saturated carbocycles. The van der Waals surface area contributed by atoms with E-state index in [0.29, 0.717) is 18.4 Å². The zero-order valence-electron chi connectivity index (χ0n) is 16.0. The van der Waals surface area contributed by atoms with Crippen molar-refractivity contribution < 1.29 is 14.3 Å². The molecule has 3 heterocycles. The first-order valence-electron chi connectivity index (χ1n) is 9.74. The van der Waals surface area contributed by atoms with Crippen LogP contribution in [0.5, 0.6) is 0 Å². The van der Waals surface area contributed by atoms with Gasteiger partial charge in [0, 0.05) is 40.2 Å². The van der Waals surface area contributed by atoms with Gasteiger partial charge in [0.15, 0.2) is 0 Å². The predicted molar refractivity (Wildman–Crippen MR) is 98.4 cm³/mol. The topological polar surface area (TPSA) is 114 Å². The molecule has 27 heavy (non-hydrogen) atoms. The summed E-state index contributed by atoms with van der Waals surface area (Å²) in [6, 6.07) is 1.62. The maximum absolute atomic E-state index is 12.5. The first-order valence-corrected chi connectivity index (χ1v) is 9.74. The maximum atomic E-state index is 12.5. The molecule has 3 rings (SSSR count). The number of nitrogens with zero attached hydrogens (tertiary/aromatic N) is 2. The molecule has 0 radical (unpaired) electrons. The number of fused-ring (bicyclic) bond motifs is 1. The third-order valence-electron chi connectivity index (χ3n) is 6.17. The highest BCUT2D eigenvalue weighted by atomic mass is 16.3. The molecule has 8 heteroatoms. The van der Waals surface area contributed by atoms with E-state index in [1.165, 1.54) is 0 Å². The fourth-order valence-electron chi connectivity index (χ4n) is 4.49. The number of hydrogen-bond acceptors (Lipinski definition) is 5. The van der Waals surface area contributed by atoms with Crippen molar-refractivity contribution in [1.82, 2.24) is 16.0 Å². The summed E-state index contributed by atoms with van der Waals surface area (Å²) < 4.78 is 0.915. The van der Waals surface area contributed by atoms with Crippen LogP contribution in [0, 0.1) is 28.1 Å². The molecular formula is C19H28N5O3+. The zero-order chi connectivity index (χ0) is 19.6. The molecule has 3 N–H and O–H groups in total. The maximum Gasteiger partial charge on any atom is 0.247 e. The fraction of sp³-hybridized carbons (Fsp3) is 0.737. The second-order valence-electron chi connectivity index (χ2n) is 7.94. The largest absolute Gasteiger partial charge is 0.349 e. The van der Waals surface area contributed by atoms with Crippen LogP contribution in [0.1, 0.15) is 39.5 Å². The molecule has 0 aliphatic carbocycles. The van der Waals surface area contributed by atoms with Crippen LogP contribution in [0.2, 0.25) is 0 Å². The van der Waals surface area contributed by atoms with Gasteiger partial charge in [-0.2, -0.15) is 5.26 Å².